The second-order valence-corrected chi connectivity index (χ2v) is 10.2. The number of hydrogen-bond acceptors (Lipinski definition) is 7. The summed E-state index contributed by atoms with van der Waals surface area (Å²) in [6.45, 7) is 4.42. The molecule has 0 atom stereocenters. The zero-order valence-corrected chi connectivity index (χ0v) is 22.3. The van der Waals surface area contributed by atoms with Gasteiger partial charge in [-0.3, -0.25) is 4.79 Å². The highest BCUT2D eigenvalue weighted by Crippen LogP contribution is 2.24. The number of amides is 1. The van der Waals surface area contributed by atoms with Gasteiger partial charge < -0.3 is 9.88 Å². The van der Waals surface area contributed by atoms with Crippen LogP contribution in [0.25, 0.3) is 0 Å². The van der Waals surface area contributed by atoms with Crippen LogP contribution in [0, 0.1) is 0 Å². The van der Waals surface area contributed by atoms with Crippen molar-refractivity contribution in [2.24, 2.45) is 10.2 Å². The molecule has 0 saturated carbocycles. The molecule has 1 aromatic heterocycles. The summed E-state index contributed by atoms with van der Waals surface area (Å²) >= 11 is 9.05. The van der Waals surface area contributed by atoms with Gasteiger partial charge in [-0.05, 0) is 54.1 Å². The van der Waals surface area contributed by atoms with Gasteiger partial charge in [-0.1, -0.05) is 59.8 Å². The Morgan fingerprint density at radius 2 is 1.65 bits per heavy atom. The fourth-order valence-electron chi connectivity index (χ4n) is 3.23. The lowest BCUT2D eigenvalue weighted by molar-refractivity contribution is -0.113. The predicted octanol–water partition coefficient (Wildman–Crippen LogP) is 7.70. The monoisotopic (exact) mass is 548 g/mol. The average molecular weight is 549 g/mol. The van der Waals surface area contributed by atoms with E-state index >= 15 is 0 Å². The summed E-state index contributed by atoms with van der Waals surface area (Å²) in [4.78, 5) is 12.5. The molecule has 0 saturated heterocycles. The van der Waals surface area contributed by atoms with Crippen LogP contribution >= 0.6 is 35.1 Å². The Balaban J connectivity index is 1.27. The van der Waals surface area contributed by atoms with Gasteiger partial charge >= 0.3 is 0 Å². The molecule has 0 aliphatic rings. The number of hydrogen-bond donors (Lipinski definition) is 1. The van der Waals surface area contributed by atoms with Gasteiger partial charge in [0.25, 0.3) is 0 Å². The lowest BCUT2D eigenvalue weighted by Gasteiger charge is -2.08. The number of allylic oxidation sites excluding steroid dienone is 1. The normalized spacial score (nSPS) is 11.1. The highest BCUT2D eigenvalue weighted by molar-refractivity contribution is 7.99. The minimum atomic E-state index is -0.129. The first-order chi connectivity index (χ1) is 18.1. The summed E-state index contributed by atoms with van der Waals surface area (Å²) in [5.74, 6) is 2.47. The topological polar surface area (TPSA) is 84.5 Å². The molecular weight excluding hydrogens is 524 g/mol. The van der Waals surface area contributed by atoms with E-state index in [1.807, 2.05) is 71.3 Å². The molecule has 0 unspecified atom stereocenters. The van der Waals surface area contributed by atoms with Crippen LogP contribution in [0.2, 0.25) is 5.02 Å². The van der Waals surface area contributed by atoms with Gasteiger partial charge in [0.2, 0.25) is 5.91 Å². The fraction of sp³-hybridized carbons (Fsp3) is 0.148. The second-order valence-electron chi connectivity index (χ2n) is 7.84. The molecule has 188 valence electrons. The summed E-state index contributed by atoms with van der Waals surface area (Å²) in [6.07, 6.45) is 1.80. The standard InChI is InChI=1S/C27H25ClN6OS2/c1-2-16-34-25(18-36-17-20-8-10-21(28)11-9-20)32-33-27(34)37-19-26(35)29-22-12-14-24(15-13-22)31-30-23-6-4-3-5-7-23/h2-15H,1,16-19H2,(H,29,35). The van der Waals surface area contributed by atoms with Crippen molar-refractivity contribution in [3.63, 3.8) is 0 Å². The highest BCUT2D eigenvalue weighted by Gasteiger charge is 2.14. The second kappa shape index (κ2) is 13.8. The van der Waals surface area contributed by atoms with Gasteiger partial charge in [0.1, 0.15) is 5.82 Å². The number of aromatic nitrogens is 3. The van der Waals surface area contributed by atoms with E-state index in [1.54, 1.807) is 30.0 Å². The Morgan fingerprint density at radius 3 is 2.35 bits per heavy atom. The minimum Gasteiger partial charge on any atom is -0.325 e. The largest absolute Gasteiger partial charge is 0.325 e. The lowest BCUT2D eigenvalue weighted by Crippen LogP contribution is -2.14. The van der Waals surface area contributed by atoms with Gasteiger partial charge in [-0.15, -0.1) is 28.5 Å². The van der Waals surface area contributed by atoms with Crippen molar-refractivity contribution in [3.05, 3.63) is 108 Å². The van der Waals surface area contributed by atoms with Crippen molar-refractivity contribution < 1.29 is 4.79 Å². The van der Waals surface area contributed by atoms with E-state index in [1.165, 1.54) is 17.3 Å². The van der Waals surface area contributed by atoms with Gasteiger partial charge in [-0.2, -0.15) is 10.2 Å². The minimum absolute atomic E-state index is 0.129. The molecule has 7 nitrogen and oxygen atoms in total. The number of nitrogens with zero attached hydrogens (tertiary/aromatic N) is 5. The van der Waals surface area contributed by atoms with Crippen LogP contribution in [-0.2, 0) is 22.8 Å². The number of halogens is 1. The maximum absolute atomic E-state index is 12.5. The maximum Gasteiger partial charge on any atom is 0.234 e. The summed E-state index contributed by atoms with van der Waals surface area (Å²) in [6, 6.07) is 24.6. The van der Waals surface area contributed by atoms with Gasteiger partial charge in [0.05, 0.1) is 22.9 Å². The molecular formula is C27H25ClN6OS2. The molecule has 0 spiro atoms. The zero-order valence-electron chi connectivity index (χ0n) is 20.0. The van der Waals surface area contributed by atoms with E-state index in [0.29, 0.717) is 28.8 Å². The molecule has 10 heteroatoms. The molecule has 0 aliphatic carbocycles. The van der Waals surface area contributed by atoms with Crippen LogP contribution in [-0.4, -0.2) is 26.4 Å². The van der Waals surface area contributed by atoms with Gasteiger partial charge in [-0.25, -0.2) is 0 Å². The van der Waals surface area contributed by atoms with Gasteiger partial charge in [0, 0.05) is 23.0 Å². The number of rotatable bonds is 12. The lowest BCUT2D eigenvalue weighted by atomic mass is 10.2. The molecule has 0 fully saturated rings. The van der Waals surface area contributed by atoms with Crippen LogP contribution in [0.3, 0.4) is 0 Å². The van der Waals surface area contributed by atoms with Crippen molar-refractivity contribution in [2.75, 3.05) is 11.1 Å². The van der Waals surface area contributed by atoms with Crippen LogP contribution in [0.1, 0.15) is 11.4 Å². The van der Waals surface area contributed by atoms with Crippen molar-refractivity contribution in [1.29, 1.82) is 0 Å². The van der Waals surface area contributed by atoms with E-state index in [0.717, 1.165) is 22.3 Å². The SMILES string of the molecule is C=CCn1c(CSCc2ccc(Cl)cc2)nnc1SCC(=O)Nc1ccc(N=Nc2ccccc2)cc1. The Hall–Kier alpha value is -3.40. The van der Waals surface area contributed by atoms with Crippen molar-refractivity contribution in [2.45, 2.75) is 23.2 Å². The number of azo groups is 1. The molecule has 1 N–H and O–H groups in total. The van der Waals surface area contributed by atoms with Crippen LogP contribution < -0.4 is 5.32 Å². The van der Waals surface area contributed by atoms with E-state index in [-0.39, 0.29) is 11.7 Å². The number of benzene rings is 3. The molecule has 37 heavy (non-hydrogen) atoms. The quantitative estimate of drug-likeness (QED) is 0.111. The molecule has 0 aliphatic heterocycles. The zero-order chi connectivity index (χ0) is 25.9. The van der Waals surface area contributed by atoms with Crippen molar-refractivity contribution >= 4 is 58.1 Å². The summed E-state index contributed by atoms with van der Waals surface area (Å²) in [5, 5.41) is 21.4. The molecule has 1 heterocycles. The average Bonchev–Trinajstić information content (AvgIpc) is 3.30. The molecule has 0 bridgehead atoms. The number of carbonyl (C=O) groups is 1. The Labute approximate surface area is 229 Å². The molecule has 1 amide bonds. The van der Waals surface area contributed by atoms with Crippen LogP contribution in [0.5, 0.6) is 0 Å². The van der Waals surface area contributed by atoms with Gasteiger partial charge in [0.15, 0.2) is 5.16 Å². The Kier molecular flexibility index (Phi) is 9.93. The third-order valence-electron chi connectivity index (χ3n) is 5.04. The number of thioether (sulfide) groups is 2. The predicted molar refractivity (Wildman–Crippen MR) is 153 cm³/mol. The van der Waals surface area contributed by atoms with E-state index < -0.39 is 0 Å². The molecule has 3 aromatic carbocycles. The summed E-state index contributed by atoms with van der Waals surface area (Å²) in [7, 11) is 0. The van der Waals surface area contributed by atoms with E-state index in [2.05, 4.69) is 32.3 Å². The smallest absolute Gasteiger partial charge is 0.234 e. The number of carbonyl (C=O) groups excluding carboxylic acids is 1. The summed E-state index contributed by atoms with van der Waals surface area (Å²) < 4.78 is 1.99. The van der Waals surface area contributed by atoms with E-state index in [9.17, 15) is 4.79 Å². The van der Waals surface area contributed by atoms with Crippen LogP contribution in [0.15, 0.2) is 107 Å². The molecule has 0 radical (unpaired) electrons. The fourth-order valence-corrected chi connectivity index (χ4v) is 5.05. The Bertz CT molecular complexity index is 1340. The number of nitrogens with one attached hydrogen (secondary N) is 1. The first-order valence-electron chi connectivity index (χ1n) is 11.5. The van der Waals surface area contributed by atoms with E-state index in [4.69, 9.17) is 11.6 Å². The Morgan fingerprint density at radius 1 is 0.946 bits per heavy atom. The highest BCUT2D eigenvalue weighted by atomic mass is 35.5. The first-order valence-corrected chi connectivity index (χ1v) is 14.0. The third-order valence-corrected chi connectivity index (χ3v) is 7.26. The number of anilines is 1. The van der Waals surface area contributed by atoms with Crippen molar-refractivity contribution in [1.82, 2.24) is 14.8 Å². The molecule has 4 rings (SSSR count). The van der Waals surface area contributed by atoms with Crippen LogP contribution in [0.4, 0.5) is 17.1 Å². The molecule has 4 aromatic rings. The maximum atomic E-state index is 12.5. The first kappa shape index (κ1) is 26.7. The summed E-state index contributed by atoms with van der Waals surface area (Å²) in [5.41, 5.74) is 3.37. The third kappa shape index (κ3) is 8.31. The van der Waals surface area contributed by atoms with Crippen molar-refractivity contribution in [3.8, 4) is 0 Å².